The maximum atomic E-state index is 12.0. The number of esters is 1. The molecule has 0 aromatic heterocycles. The van der Waals surface area contributed by atoms with Crippen molar-refractivity contribution in [1.82, 2.24) is 10.2 Å². The SMILES string of the molecule is [N-]=[N+]=N[C@H]1C[C@H](N2CC(=O)NCC2=O)O[C@@H]1COC(=O)c1ccccc1. The van der Waals surface area contributed by atoms with E-state index in [1.807, 2.05) is 0 Å². The number of nitrogens with one attached hydrogen (secondary N) is 1. The Morgan fingerprint density at radius 1 is 1.38 bits per heavy atom. The predicted molar refractivity (Wildman–Crippen MR) is 87.7 cm³/mol. The molecule has 26 heavy (non-hydrogen) atoms. The number of ether oxygens (including phenoxy) is 2. The second-order valence-electron chi connectivity index (χ2n) is 5.90. The normalized spacial score (nSPS) is 25.4. The lowest BCUT2D eigenvalue weighted by molar-refractivity contribution is -0.154. The van der Waals surface area contributed by atoms with E-state index in [1.54, 1.807) is 30.3 Å². The third-order valence-electron chi connectivity index (χ3n) is 4.21. The Labute approximate surface area is 148 Å². The lowest BCUT2D eigenvalue weighted by atomic mass is 10.1. The maximum absolute atomic E-state index is 12.0. The molecule has 1 N–H and O–H groups in total. The fourth-order valence-corrected chi connectivity index (χ4v) is 2.90. The van der Waals surface area contributed by atoms with E-state index in [0.29, 0.717) is 5.56 Å². The molecule has 1 aromatic carbocycles. The highest BCUT2D eigenvalue weighted by molar-refractivity contribution is 5.92. The zero-order valence-electron chi connectivity index (χ0n) is 13.8. The minimum absolute atomic E-state index is 0.0987. The summed E-state index contributed by atoms with van der Waals surface area (Å²) in [6.45, 7) is -0.344. The molecule has 0 aliphatic carbocycles. The van der Waals surface area contributed by atoms with Crippen molar-refractivity contribution in [2.45, 2.75) is 24.8 Å². The first kappa shape index (κ1) is 17.7. The van der Waals surface area contributed by atoms with Gasteiger partial charge in [0.2, 0.25) is 11.8 Å². The van der Waals surface area contributed by atoms with E-state index in [4.69, 9.17) is 15.0 Å². The Kier molecular flexibility index (Phi) is 5.35. The number of rotatable bonds is 5. The number of benzene rings is 1. The fraction of sp³-hybridized carbons (Fsp3) is 0.438. The molecular weight excluding hydrogens is 342 g/mol. The Morgan fingerprint density at radius 2 is 2.15 bits per heavy atom. The van der Waals surface area contributed by atoms with Gasteiger partial charge < -0.3 is 19.7 Å². The highest BCUT2D eigenvalue weighted by Gasteiger charge is 2.41. The summed E-state index contributed by atoms with van der Waals surface area (Å²) in [6.07, 6.45) is -1.16. The van der Waals surface area contributed by atoms with Crippen LogP contribution >= 0.6 is 0 Å². The van der Waals surface area contributed by atoms with E-state index in [0.717, 1.165) is 0 Å². The van der Waals surface area contributed by atoms with Gasteiger partial charge in [0.1, 0.15) is 25.5 Å². The summed E-state index contributed by atoms with van der Waals surface area (Å²) in [5.74, 6) is -1.09. The van der Waals surface area contributed by atoms with Gasteiger partial charge in [-0.3, -0.25) is 9.59 Å². The quantitative estimate of drug-likeness (QED) is 0.355. The summed E-state index contributed by atoms with van der Waals surface area (Å²) in [7, 11) is 0. The Hall–Kier alpha value is -3.10. The van der Waals surface area contributed by atoms with Crippen molar-refractivity contribution in [2.24, 2.45) is 5.11 Å². The first-order valence-corrected chi connectivity index (χ1v) is 8.06. The Bertz CT molecular complexity index is 749. The Balaban J connectivity index is 1.64. The van der Waals surface area contributed by atoms with Gasteiger partial charge in [-0.15, -0.1) is 0 Å². The van der Waals surface area contributed by atoms with Gasteiger partial charge in [-0.05, 0) is 17.7 Å². The molecule has 0 bridgehead atoms. The average Bonchev–Trinajstić information content (AvgIpc) is 3.05. The van der Waals surface area contributed by atoms with Crippen molar-refractivity contribution in [2.75, 3.05) is 19.7 Å². The van der Waals surface area contributed by atoms with Gasteiger partial charge in [-0.25, -0.2) is 4.79 Å². The zero-order chi connectivity index (χ0) is 18.5. The van der Waals surface area contributed by atoms with Gasteiger partial charge in [0, 0.05) is 11.3 Å². The minimum Gasteiger partial charge on any atom is -0.459 e. The third kappa shape index (κ3) is 3.93. The molecule has 0 saturated carbocycles. The van der Waals surface area contributed by atoms with E-state index in [9.17, 15) is 14.4 Å². The van der Waals surface area contributed by atoms with Crippen LogP contribution in [0.3, 0.4) is 0 Å². The molecule has 0 radical (unpaired) electrons. The number of carbonyl (C=O) groups excluding carboxylic acids is 3. The molecule has 1 aromatic rings. The van der Waals surface area contributed by atoms with Gasteiger partial charge in [0.15, 0.2) is 0 Å². The summed E-state index contributed by atoms with van der Waals surface area (Å²) in [6, 6.07) is 7.85. The van der Waals surface area contributed by atoms with Crippen LogP contribution in [0.5, 0.6) is 0 Å². The molecule has 0 spiro atoms. The van der Waals surface area contributed by atoms with E-state index in [-0.39, 0.29) is 37.9 Å². The van der Waals surface area contributed by atoms with Gasteiger partial charge in [-0.2, -0.15) is 0 Å². The Morgan fingerprint density at radius 3 is 2.88 bits per heavy atom. The van der Waals surface area contributed by atoms with Crippen molar-refractivity contribution in [3.8, 4) is 0 Å². The number of amides is 2. The van der Waals surface area contributed by atoms with Crippen LogP contribution in [-0.2, 0) is 19.1 Å². The largest absolute Gasteiger partial charge is 0.459 e. The summed E-state index contributed by atoms with van der Waals surface area (Å²) in [4.78, 5) is 39.7. The van der Waals surface area contributed by atoms with Crippen LogP contribution in [0.4, 0.5) is 0 Å². The summed E-state index contributed by atoms with van der Waals surface area (Å²) < 4.78 is 11.0. The molecule has 2 aliphatic rings. The first-order chi connectivity index (χ1) is 12.6. The van der Waals surface area contributed by atoms with Crippen LogP contribution < -0.4 is 5.32 Å². The minimum atomic E-state index is -0.704. The molecule has 2 amide bonds. The van der Waals surface area contributed by atoms with Crippen LogP contribution in [0, 0.1) is 0 Å². The van der Waals surface area contributed by atoms with Crippen molar-refractivity contribution in [1.29, 1.82) is 0 Å². The number of nitrogens with zero attached hydrogens (tertiary/aromatic N) is 4. The first-order valence-electron chi connectivity index (χ1n) is 8.06. The average molecular weight is 359 g/mol. The molecule has 3 rings (SSSR count). The van der Waals surface area contributed by atoms with Crippen LogP contribution in [0.25, 0.3) is 10.4 Å². The molecule has 2 fully saturated rings. The summed E-state index contributed by atoms with van der Waals surface area (Å²) in [5.41, 5.74) is 9.13. The molecule has 10 heteroatoms. The number of hydrogen-bond acceptors (Lipinski definition) is 6. The fourth-order valence-electron chi connectivity index (χ4n) is 2.90. The van der Waals surface area contributed by atoms with Gasteiger partial charge in [0.25, 0.3) is 0 Å². The van der Waals surface area contributed by atoms with Gasteiger partial charge >= 0.3 is 5.97 Å². The molecule has 3 atom stereocenters. The lowest BCUT2D eigenvalue weighted by Crippen LogP contribution is -2.55. The van der Waals surface area contributed by atoms with Crippen LogP contribution in [0.1, 0.15) is 16.8 Å². The third-order valence-corrected chi connectivity index (χ3v) is 4.21. The van der Waals surface area contributed by atoms with Crippen LogP contribution in [-0.4, -0.2) is 60.8 Å². The lowest BCUT2D eigenvalue weighted by Gasteiger charge is -2.31. The van der Waals surface area contributed by atoms with Crippen molar-refractivity contribution >= 4 is 17.8 Å². The number of carbonyl (C=O) groups is 3. The van der Waals surface area contributed by atoms with Gasteiger partial charge in [0.05, 0.1) is 18.2 Å². The van der Waals surface area contributed by atoms with Gasteiger partial charge in [-0.1, -0.05) is 23.3 Å². The predicted octanol–water partition coefficient (Wildman–Crippen LogP) is 0.596. The molecular formula is C16H17N5O5. The second-order valence-corrected chi connectivity index (χ2v) is 5.90. The standard InChI is InChI=1S/C16H17N5O5/c17-20-19-11-6-15(21-8-13(22)18-7-14(21)23)26-12(11)9-25-16(24)10-4-2-1-3-5-10/h1-5,11-12,15H,6-9H2,(H,18,22)/t11-,12+,15+/m0/s1. The summed E-state index contributed by atoms with van der Waals surface area (Å²) >= 11 is 0. The molecule has 10 nitrogen and oxygen atoms in total. The van der Waals surface area contributed by atoms with Crippen molar-refractivity contribution in [3.05, 3.63) is 46.3 Å². The van der Waals surface area contributed by atoms with E-state index >= 15 is 0 Å². The molecule has 2 aliphatic heterocycles. The number of piperazine rings is 1. The molecule has 2 heterocycles. The second kappa shape index (κ2) is 7.85. The number of hydrogen-bond donors (Lipinski definition) is 1. The molecule has 136 valence electrons. The maximum Gasteiger partial charge on any atom is 0.338 e. The molecule has 0 unspecified atom stereocenters. The monoisotopic (exact) mass is 359 g/mol. The van der Waals surface area contributed by atoms with Crippen molar-refractivity contribution < 1.29 is 23.9 Å². The zero-order valence-corrected chi connectivity index (χ0v) is 13.8. The van der Waals surface area contributed by atoms with E-state index in [1.165, 1.54) is 4.90 Å². The molecule has 2 saturated heterocycles. The highest BCUT2D eigenvalue weighted by Crippen LogP contribution is 2.27. The van der Waals surface area contributed by atoms with Crippen LogP contribution in [0.15, 0.2) is 35.4 Å². The van der Waals surface area contributed by atoms with E-state index in [2.05, 4.69) is 15.3 Å². The smallest absolute Gasteiger partial charge is 0.338 e. The van der Waals surface area contributed by atoms with Crippen LogP contribution in [0.2, 0.25) is 0 Å². The topological polar surface area (TPSA) is 134 Å². The van der Waals surface area contributed by atoms with E-state index < -0.39 is 24.3 Å². The van der Waals surface area contributed by atoms with Crippen molar-refractivity contribution in [3.63, 3.8) is 0 Å². The highest BCUT2D eigenvalue weighted by atomic mass is 16.6. The number of azide groups is 1. The summed E-state index contributed by atoms with van der Waals surface area (Å²) in [5, 5.41) is 6.12.